The maximum atomic E-state index is 4.60. The van der Waals surface area contributed by atoms with E-state index in [-0.39, 0.29) is 0 Å². The summed E-state index contributed by atoms with van der Waals surface area (Å²) in [6.07, 6.45) is 6.72. The van der Waals surface area contributed by atoms with Gasteiger partial charge in [-0.25, -0.2) is 15.0 Å². The molecule has 0 radical (unpaired) electrons. The lowest BCUT2D eigenvalue weighted by Gasteiger charge is -2.09. The highest BCUT2D eigenvalue weighted by Crippen LogP contribution is 2.18. The Kier molecular flexibility index (Phi) is 4.01. The molecule has 3 rings (SSSR count). The number of aromatic nitrogens is 4. The van der Waals surface area contributed by atoms with Gasteiger partial charge >= 0.3 is 0 Å². The Morgan fingerprint density at radius 1 is 1.29 bits per heavy atom. The molecule has 0 fully saturated rings. The molecule has 21 heavy (non-hydrogen) atoms. The van der Waals surface area contributed by atoms with Crippen LogP contribution in [0.3, 0.4) is 0 Å². The first-order chi connectivity index (χ1) is 10.3. The fourth-order valence-corrected chi connectivity index (χ4v) is 2.74. The number of rotatable bonds is 6. The van der Waals surface area contributed by atoms with E-state index in [2.05, 4.69) is 37.9 Å². The number of anilines is 2. The standard InChI is InChI=1S/C14H18N6S/c1-3-4-15-11-8-20-6-5-16-14(20)13(19-11)17-7-12-18-10(2)9-21-12/h5-6,8-9,15H,3-4,7H2,1-2H3,(H,17,19). The molecular weight excluding hydrogens is 284 g/mol. The van der Waals surface area contributed by atoms with Gasteiger partial charge in [0, 0.05) is 30.0 Å². The molecule has 0 spiro atoms. The second-order valence-electron chi connectivity index (χ2n) is 4.80. The van der Waals surface area contributed by atoms with Crippen molar-refractivity contribution >= 4 is 28.6 Å². The van der Waals surface area contributed by atoms with Crippen LogP contribution >= 0.6 is 11.3 Å². The predicted octanol–water partition coefficient (Wildman–Crippen LogP) is 2.93. The van der Waals surface area contributed by atoms with Crippen LogP contribution in [0.15, 0.2) is 24.0 Å². The van der Waals surface area contributed by atoms with Crippen LogP contribution < -0.4 is 10.6 Å². The zero-order valence-electron chi connectivity index (χ0n) is 12.1. The SMILES string of the molecule is CCCNc1cn2ccnc2c(NCc2nc(C)cs2)n1. The Balaban J connectivity index is 1.83. The van der Waals surface area contributed by atoms with Crippen molar-refractivity contribution in [1.29, 1.82) is 0 Å². The zero-order chi connectivity index (χ0) is 14.7. The van der Waals surface area contributed by atoms with Gasteiger partial charge in [0.1, 0.15) is 10.8 Å². The first kappa shape index (κ1) is 13.8. The summed E-state index contributed by atoms with van der Waals surface area (Å²) in [5.74, 6) is 1.62. The minimum atomic E-state index is 0.658. The fourth-order valence-electron chi connectivity index (χ4n) is 2.03. The molecule has 2 N–H and O–H groups in total. The molecule has 3 heterocycles. The minimum Gasteiger partial charge on any atom is -0.369 e. The van der Waals surface area contributed by atoms with Gasteiger partial charge in [-0.05, 0) is 13.3 Å². The van der Waals surface area contributed by atoms with Crippen molar-refractivity contribution < 1.29 is 0 Å². The molecule has 0 saturated carbocycles. The molecule has 0 atom stereocenters. The van der Waals surface area contributed by atoms with Gasteiger partial charge in [0.25, 0.3) is 0 Å². The fraction of sp³-hybridized carbons (Fsp3) is 0.357. The van der Waals surface area contributed by atoms with Crippen LogP contribution in [0.2, 0.25) is 0 Å². The van der Waals surface area contributed by atoms with E-state index in [0.29, 0.717) is 6.54 Å². The van der Waals surface area contributed by atoms with Gasteiger partial charge in [-0.1, -0.05) is 6.92 Å². The molecule has 0 amide bonds. The van der Waals surface area contributed by atoms with E-state index in [0.717, 1.165) is 41.0 Å². The van der Waals surface area contributed by atoms with Crippen LogP contribution in [0.4, 0.5) is 11.6 Å². The lowest BCUT2D eigenvalue weighted by atomic mass is 10.4. The second kappa shape index (κ2) is 6.09. The van der Waals surface area contributed by atoms with Gasteiger partial charge in [-0.2, -0.15) is 0 Å². The Morgan fingerprint density at radius 3 is 2.95 bits per heavy atom. The van der Waals surface area contributed by atoms with Gasteiger partial charge < -0.3 is 15.0 Å². The van der Waals surface area contributed by atoms with Crippen molar-refractivity contribution in [1.82, 2.24) is 19.4 Å². The minimum absolute atomic E-state index is 0.658. The average Bonchev–Trinajstić information content (AvgIpc) is 3.11. The third kappa shape index (κ3) is 3.13. The van der Waals surface area contributed by atoms with Gasteiger partial charge in [0.2, 0.25) is 0 Å². The first-order valence-corrected chi connectivity index (χ1v) is 7.86. The van der Waals surface area contributed by atoms with E-state index in [1.54, 1.807) is 17.5 Å². The molecule has 110 valence electrons. The predicted molar refractivity (Wildman–Crippen MR) is 85.9 cm³/mol. The molecule has 0 unspecified atom stereocenters. The van der Waals surface area contributed by atoms with Crippen LogP contribution in [0, 0.1) is 6.92 Å². The third-order valence-corrected chi connectivity index (χ3v) is 3.97. The van der Waals surface area contributed by atoms with Gasteiger partial charge in [0.05, 0.1) is 12.7 Å². The summed E-state index contributed by atoms with van der Waals surface area (Å²) in [4.78, 5) is 13.4. The Bertz CT molecular complexity index is 732. The number of nitrogens with one attached hydrogen (secondary N) is 2. The van der Waals surface area contributed by atoms with E-state index in [9.17, 15) is 0 Å². The third-order valence-electron chi connectivity index (χ3n) is 3.00. The zero-order valence-corrected chi connectivity index (χ0v) is 12.9. The average molecular weight is 302 g/mol. The van der Waals surface area contributed by atoms with Gasteiger partial charge in [-0.3, -0.25) is 0 Å². The summed E-state index contributed by atoms with van der Waals surface area (Å²) < 4.78 is 1.97. The quantitative estimate of drug-likeness (QED) is 0.733. The van der Waals surface area contributed by atoms with Crippen molar-refractivity contribution in [2.45, 2.75) is 26.8 Å². The van der Waals surface area contributed by atoms with Crippen molar-refractivity contribution in [2.75, 3.05) is 17.2 Å². The Morgan fingerprint density at radius 2 is 2.19 bits per heavy atom. The van der Waals surface area contributed by atoms with Gasteiger partial charge in [0.15, 0.2) is 11.5 Å². The van der Waals surface area contributed by atoms with E-state index in [1.807, 2.05) is 23.7 Å². The summed E-state index contributed by atoms with van der Waals surface area (Å²) in [7, 11) is 0. The van der Waals surface area contributed by atoms with E-state index >= 15 is 0 Å². The van der Waals surface area contributed by atoms with Crippen LogP contribution in [-0.4, -0.2) is 25.9 Å². The highest BCUT2D eigenvalue weighted by atomic mass is 32.1. The lowest BCUT2D eigenvalue weighted by Crippen LogP contribution is -2.08. The molecular formula is C14H18N6S. The second-order valence-corrected chi connectivity index (χ2v) is 5.74. The summed E-state index contributed by atoms with van der Waals surface area (Å²) >= 11 is 1.65. The van der Waals surface area contributed by atoms with Gasteiger partial charge in [-0.15, -0.1) is 11.3 Å². The number of thiazole rings is 1. The summed E-state index contributed by atoms with van der Waals surface area (Å²) in [6, 6.07) is 0. The van der Waals surface area contributed by atoms with Crippen molar-refractivity contribution in [3.05, 3.63) is 34.7 Å². The topological polar surface area (TPSA) is 67.1 Å². The lowest BCUT2D eigenvalue weighted by molar-refractivity contribution is 0.958. The van der Waals surface area contributed by atoms with E-state index < -0.39 is 0 Å². The van der Waals surface area contributed by atoms with Crippen LogP contribution in [0.5, 0.6) is 0 Å². The maximum Gasteiger partial charge on any atom is 0.180 e. The normalized spacial score (nSPS) is 11.0. The van der Waals surface area contributed by atoms with Crippen LogP contribution in [0.1, 0.15) is 24.0 Å². The van der Waals surface area contributed by atoms with Crippen molar-refractivity contribution in [3.63, 3.8) is 0 Å². The van der Waals surface area contributed by atoms with Crippen molar-refractivity contribution in [2.24, 2.45) is 0 Å². The first-order valence-electron chi connectivity index (χ1n) is 6.98. The Hall–Kier alpha value is -2.15. The number of aryl methyl sites for hydroxylation is 1. The van der Waals surface area contributed by atoms with E-state index in [4.69, 9.17) is 0 Å². The molecule has 0 aromatic carbocycles. The summed E-state index contributed by atoms with van der Waals surface area (Å²) in [5, 5.41) is 9.74. The molecule has 0 saturated heterocycles. The van der Waals surface area contributed by atoms with E-state index in [1.165, 1.54) is 0 Å². The summed E-state index contributed by atoms with van der Waals surface area (Å²) in [5.41, 5.74) is 1.87. The molecule has 6 nitrogen and oxygen atoms in total. The Labute approximate surface area is 127 Å². The summed E-state index contributed by atoms with van der Waals surface area (Å²) in [6.45, 7) is 5.69. The number of nitrogens with zero attached hydrogens (tertiary/aromatic N) is 4. The van der Waals surface area contributed by atoms with Crippen LogP contribution in [-0.2, 0) is 6.54 Å². The highest BCUT2D eigenvalue weighted by Gasteiger charge is 2.08. The maximum absolute atomic E-state index is 4.60. The number of imidazole rings is 1. The molecule has 0 bridgehead atoms. The monoisotopic (exact) mass is 302 g/mol. The van der Waals surface area contributed by atoms with Crippen LogP contribution in [0.25, 0.3) is 5.65 Å². The largest absolute Gasteiger partial charge is 0.369 e. The highest BCUT2D eigenvalue weighted by molar-refractivity contribution is 7.09. The number of hydrogen-bond acceptors (Lipinski definition) is 6. The number of fused-ring (bicyclic) bond motifs is 1. The molecule has 7 heteroatoms. The molecule has 0 aliphatic carbocycles. The van der Waals surface area contributed by atoms with Crippen molar-refractivity contribution in [3.8, 4) is 0 Å². The molecule has 0 aliphatic heterocycles. The molecule has 3 aromatic heterocycles. The molecule has 0 aliphatic rings. The molecule has 3 aromatic rings. The number of hydrogen-bond donors (Lipinski definition) is 2. The smallest absolute Gasteiger partial charge is 0.180 e.